The third-order valence-electron chi connectivity index (χ3n) is 3.18. The molecule has 1 heterocycles. The predicted octanol–water partition coefficient (Wildman–Crippen LogP) is 1.70. The van der Waals surface area contributed by atoms with Gasteiger partial charge in [-0.05, 0) is 26.3 Å². The molecular formula is C13H19NO2. The van der Waals surface area contributed by atoms with Crippen molar-refractivity contribution in [3.05, 3.63) is 29.8 Å². The third kappa shape index (κ3) is 2.20. The molecule has 0 bridgehead atoms. The zero-order valence-corrected chi connectivity index (χ0v) is 9.85. The Morgan fingerprint density at radius 2 is 2.06 bits per heavy atom. The summed E-state index contributed by atoms with van der Waals surface area (Å²) < 4.78 is 0. The van der Waals surface area contributed by atoms with Gasteiger partial charge in [-0.2, -0.15) is 0 Å². The maximum absolute atomic E-state index is 9.95. The Morgan fingerprint density at radius 3 is 2.62 bits per heavy atom. The second-order valence-corrected chi connectivity index (χ2v) is 4.90. The number of hydrogen-bond acceptors (Lipinski definition) is 3. The van der Waals surface area contributed by atoms with E-state index in [4.69, 9.17) is 0 Å². The molecule has 16 heavy (non-hydrogen) atoms. The normalized spacial score (nSPS) is 27.1. The standard InChI is InChI=1S/C13H19NO2/c1-10(15)11-5-3-4-6-12(11)14-8-7-13(2,16)9-14/h3-6,10,15-16H,7-9H2,1-2H3/t10-,13?/m0/s1. The summed E-state index contributed by atoms with van der Waals surface area (Å²) in [6, 6.07) is 7.84. The first kappa shape index (κ1) is 11.4. The summed E-state index contributed by atoms with van der Waals surface area (Å²) in [5.41, 5.74) is 1.36. The summed E-state index contributed by atoms with van der Waals surface area (Å²) >= 11 is 0. The van der Waals surface area contributed by atoms with Gasteiger partial charge in [0.2, 0.25) is 0 Å². The van der Waals surface area contributed by atoms with Crippen molar-refractivity contribution in [2.45, 2.75) is 32.0 Å². The summed E-state index contributed by atoms with van der Waals surface area (Å²) in [4.78, 5) is 2.14. The van der Waals surface area contributed by atoms with Crippen LogP contribution in [0.5, 0.6) is 0 Å². The number of aliphatic hydroxyl groups excluding tert-OH is 1. The van der Waals surface area contributed by atoms with Crippen LogP contribution in [0.25, 0.3) is 0 Å². The van der Waals surface area contributed by atoms with Gasteiger partial charge in [-0.1, -0.05) is 18.2 Å². The van der Waals surface area contributed by atoms with E-state index in [2.05, 4.69) is 4.90 Å². The number of β-amino-alcohol motifs (C(OH)–C–C–N with tert-alkyl or cyclic N) is 1. The number of nitrogens with zero attached hydrogens (tertiary/aromatic N) is 1. The molecule has 1 saturated heterocycles. The first-order valence-corrected chi connectivity index (χ1v) is 5.74. The van der Waals surface area contributed by atoms with Gasteiger partial charge in [0.15, 0.2) is 0 Å². The topological polar surface area (TPSA) is 43.7 Å². The van der Waals surface area contributed by atoms with Crippen molar-refractivity contribution in [3.63, 3.8) is 0 Å². The summed E-state index contributed by atoms with van der Waals surface area (Å²) in [5.74, 6) is 0. The van der Waals surface area contributed by atoms with E-state index < -0.39 is 11.7 Å². The van der Waals surface area contributed by atoms with Crippen molar-refractivity contribution in [1.29, 1.82) is 0 Å². The first-order valence-electron chi connectivity index (χ1n) is 5.74. The molecule has 3 nitrogen and oxygen atoms in total. The van der Waals surface area contributed by atoms with Gasteiger partial charge in [0.25, 0.3) is 0 Å². The number of aliphatic hydroxyl groups is 2. The predicted molar refractivity (Wildman–Crippen MR) is 64.5 cm³/mol. The number of hydrogen-bond donors (Lipinski definition) is 2. The summed E-state index contributed by atoms with van der Waals surface area (Å²) in [7, 11) is 0. The lowest BCUT2D eigenvalue weighted by atomic mass is 10.1. The fraction of sp³-hybridized carbons (Fsp3) is 0.538. The van der Waals surface area contributed by atoms with E-state index in [-0.39, 0.29) is 0 Å². The average Bonchev–Trinajstić information content (AvgIpc) is 2.59. The zero-order chi connectivity index (χ0) is 11.8. The van der Waals surface area contributed by atoms with E-state index in [0.717, 1.165) is 24.2 Å². The summed E-state index contributed by atoms with van der Waals surface area (Å²) in [5, 5.41) is 19.7. The van der Waals surface area contributed by atoms with E-state index in [0.29, 0.717) is 6.54 Å². The highest BCUT2D eigenvalue weighted by atomic mass is 16.3. The van der Waals surface area contributed by atoms with Crippen LogP contribution in [0, 0.1) is 0 Å². The van der Waals surface area contributed by atoms with Crippen molar-refractivity contribution in [2.24, 2.45) is 0 Å². The van der Waals surface area contributed by atoms with E-state index in [1.54, 1.807) is 6.92 Å². The van der Waals surface area contributed by atoms with Gasteiger partial charge in [-0.3, -0.25) is 0 Å². The highest BCUT2D eigenvalue weighted by molar-refractivity contribution is 5.55. The lowest BCUT2D eigenvalue weighted by Crippen LogP contribution is -2.30. The van der Waals surface area contributed by atoms with Crippen molar-refractivity contribution in [1.82, 2.24) is 0 Å². The second kappa shape index (κ2) is 4.07. The molecule has 3 heteroatoms. The molecule has 2 rings (SSSR count). The van der Waals surface area contributed by atoms with Crippen molar-refractivity contribution >= 4 is 5.69 Å². The number of anilines is 1. The summed E-state index contributed by atoms with van der Waals surface area (Å²) in [6.07, 6.45) is 0.308. The first-order chi connectivity index (χ1) is 7.49. The monoisotopic (exact) mass is 221 g/mol. The second-order valence-electron chi connectivity index (χ2n) is 4.90. The molecule has 1 unspecified atom stereocenters. The van der Waals surface area contributed by atoms with Crippen LogP contribution in [0.3, 0.4) is 0 Å². The van der Waals surface area contributed by atoms with Gasteiger partial charge in [-0.25, -0.2) is 0 Å². The molecule has 1 aromatic carbocycles. The molecule has 0 aromatic heterocycles. The fourth-order valence-electron chi connectivity index (χ4n) is 2.28. The lowest BCUT2D eigenvalue weighted by molar-refractivity contribution is 0.0839. The Hall–Kier alpha value is -1.06. The van der Waals surface area contributed by atoms with E-state index in [1.165, 1.54) is 0 Å². The van der Waals surface area contributed by atoms with Crippen molar-refractivity contribution in [2.75, 3.05) is 18.0 Å². The highest BCUT2D eigenvalue weighted by Crippen LogP contribution is 2.31. The Morgan fingerprint density at radius 1 is 1.38 bits per heavy atom. The maximum atomic E-state index is 9.95. The van der Waals surface area contributed by atoms with Gasteiger partial charge < -0.3 is 15.1 Å². The Balaban J connectivity index is 2.28. The third-order valence-corrected chi connectivity index (χ3v) is 3.18. The van der Waals surface area contributed by atoms with Crippen molar-refractivity contribution < 1.29 is 10.2 Å². The summed E-state index contributed by atoms with van der Waals surface area (Å²) in [6.45, 7) is 5.11. The molecule has 1 aromatic rings. The van der Waals surface area contributed by atoms with Gasteiger partial charge in [0, 0.05) is 24.3 Å². The van der Waals surface area contributed by atoms with Gasteiger partial charge >= 0.3 is 0 Å². The average molecular weight is 221 g/mol. The quantitative estimate of drug-likeness (QED) is 0.799. The van der Waals surface area contributed by atoms with Crippen LogP contribution in [0.2, 0.25) is 0 Å². The van der Waals surface area contributed by atoms with Crippen LogP contribution in [0.1, 0.15) is 31.9 Å². The highest BCUT2D eigenvalue weighted by Gasteiger charge is 2.32. The molecule has 0 radical (unpaired) electrons. The SMILES string of the molecule is C[C@H](O)c1ccccc1N1CCC(C)(O)C1. The minimum atomic E-state index is -0.605. The van der Waals surface area contributed by atoms with Crippen LogP contribution in [0.15, 0.2) is 24.3 Å². The molecule has 1 aliphatic rings. The van der Waals surface area contributed by atoms with Gasteiger partial charge in [0.1, 0.15) is 0 Å². The van der Waals surface area contributed by atoms with E-state index in [1.807, 2.05) is 31.2 Å². The molecule has 1 fully saturated rings. The molecule has 88 valence electrons. The van der Waals surface area contributed by atoms with E-state index >= 15 is 0 Å². The van der Waals surface area contributed by atoms with Crippen LogP contribution in [-0.2, 0) is 0 Å². The van der Waals surface area contributed by atoms with Crippen LogP contribution in [0.4, 0.5) is 5.69 Å². The minimum absolute atomic E-state index is 0.471. The van der Waals surface area contributed by atoms with Crippen LogP contribution < -0.4 is 4.90 Å². The molecule has 2 atom stereocenters. The number of rotatable bonds is 2. The maximum Gasteiger partial charge on any atom is 0.0810 e. The largest absolute Gasteiger partial charge is 0.389 e. The van der Waals surface area contributed by atoms with Gasteiger partial charge in [-0.15, -0.1) is 0 Å². The Labute approximate surface area is 96.3 Å². The van der Waals surface area contributed by atoms with Gasteiger partial charge in [0.05, 0.1) is 11.7 Å². The molecule has 0 spiro atoms. The fourth-order valence-corrected chi connectivity index (χ4v) is 2.28. The van der Waals surface area contributed by atoms with Crippen LogP contribution in [-0.4, -0.2) is 28.9 Å². The zero-order valence-electron chi connectivity index (χ0n) is 9.85. The molecule has 2 N–H and O–H groups in total. The molecule has 1 aliphatic heterocycles. The molecule has 0 aliphatic carbocycles. The van der Waals surface area contributed by atoms with Crippen molar-refractivity contribution in [3.8, 4) is 0 Å². The Kier molecular flexibility index (Phi) is 2.91. The van der Waals surface area contributed by atoms with Crippen LogP contribution >= 0.6 is 0 Å². The number of benzene rings is 1. The number of para-hydroxylation sites is 1. The molecule has 0 saturated carbocycles. The van der Waals surface area contributed by atoms with E-state index in [9.17, 15) is 10.2 Å². The molecular weight excluding hydrogens is 202 g/mol. The smallest absolute Gasteiger partial charge is 0.0810 e. The molecule has 0 amide bonds. The minimum Gasteiger partial charge on any atom is -0.389 e. The lowest BCUT2D eigenvalue weighted by Gasteiger charge is -2.24. The Bertz CT molecular complexity index is 374.